The SMILES string of the molecule is C[C@H](N)[C@H](O)c1ccc(C(C)(C)C)cc1Cl. The summed E-state index contributed by atoms with van der Waals surface area (Å²) in [6.45, 7) is 8.14. The quantitative estimate of drug-likeness (QED) is 0.836. The number of aliphatic hydroxyl groups excluding tert-OH is 1. The molecule has 2 nitrogen and oxygen atoms in total. The number of benzene rings is 1. The van der Waals surface area contributed by atoms with Crippen LogP contribution in [0.5, 0.6) is 0 Å². The minimum atomic E-state index is -0.707. The van der Waals surface area contributed by atoms with Gasteiger partial charge >= 0.3 is 0 Å². The molecule has 0 aliphatic heterocycles. The summed E-state index contributed by atoms with van der Waals surface area (Å²) >= 11 is 6.16. The van der Waals surface area contributed by atoms with Gasteiger partial charge in [-0.25, -0.2) is 0 Å². The van der Waals surface area contributed by atoms with E-state index in [1.807, 2.05) is 18.2 Å². The van der Waals surface area contributed by atoms with Crippen LogP contribution in [0.4, 0.5) is 0 Å². The monoisotopic (exact) mass is 241 g/mol. The van der Waals surface area contributed by atoms with E-state index in [0.717, 1.165) is 5.56 Å². The van der Waals surface area contributed by atoms with Crippen molar-refractivity contribution in [3.8, 4) is 0 Å². The van der Waals surface area contributed by atoms with Gasteiger partial charge in [0.2, 0.25) is 0 Å². The van der Waals surface area contributed by atoms with Gasteiger partial charge in [-0.1, -0.05) is 44.5 Å². The van der Waals surface area contributed by atoms with Gasteiger partial charge in [0.1, 0.15) is 0 Å². The molecule has 0 saturated carbocycles. The third-order valence-electron chi connectivity index (χ3n) is 2.68. The highest BCUT2D eigenvalue weighted by molar-refractivity contribution is 6.31. The molecule has 0 aliphatic rings. The Labute approximate surface area is 102 Å². The van der Waals surface area contributed by atoms with Crippen LogP contribution in [0.25, 0.3) is 0 Å². The molecule has 0 fully saturated rings. The van der Waals surface area contributed by atoms with Gasteiger partial charge < -0.3 is 10.8 Å². The lowest BCUT2D eigenvalue weighted by molar-refractivity contribution is 0.153. The number of halogens is 1. The van der Waals surface area contributed by atoms with Gasteiger partial charge in [0.25, 0.3) is 0 Å². The van der Waals surface area contributed by atoms with Gasteiger partial charge in [-0.05, 0) is 24.0 Å². The second kappa shape index (κ2) is 4.74. The molecule has 0 radical (unpaired) electrons. The molecule has 0 amide bonds. The standard InChI is InChI=1S/C13H20ClNO/c1-8(15)12(16)10-6-5-9(7-11(10)14)13(2,3)4/h5-8,12,16H,15H2,1-4H3/t8-,12-/m0/s1. The Morgan fingerprint density at radius 3 is 2.25 bits per heavy atom. The van der Waals surface area contributed by atoms with Crippen molar-refractivity contribution in [2.75, 3.05) is 0 Å². The topological polar surface area (TPSA) is 46.2 Å². The van der Waals surface area contributed by atoms with E-state index >= 15 is 0 Å². The summed E-state index contributed by atoms with van der Waals surface area (Å²) in [6.07, 6.45) is -0.707. The van der Waals surface area contributed by atoms with Crippen LogP contribution in [0, 0.1) is 0 Å². The summed E-state index contributed by atoms with van der Waals surface area (Å²) < 4.78 is 0. The Hall–Kier alpha value is -0.570. The van der Waals surface area contributed by atoms with Crippen LogP contribution in [0.3, 0.4) is 0 Å². The van der Waals surface area contributed by atoms with E-state index in [-0.39, 0.29) is 11.5 Å². The van der Waals surface area contributed by atoms with Crippen LogP contribution >= 0.6 is 11.6 Å². The second-order valence-corrected chi connectivity index (χ2v) is 5.70. The number of aliphatic hydroxyl groups is 1. The van der Waals surface area contributed by atoms with Crippen molar-refractivity contribution in [3.05, 3.63) is 34.3 Å². The number of hydrogen-bond donors (Lipinski definition) is 2. The van der Waals surface area contributed by atoms with Crippen molar-refractivity contribution in [1.82, 2.24) is 0 Å². The van der Waals surface area contributed by atoms with Crippen LogP contribution in [0.2, 0.25) is 5.02 Å². The third kappa shape index (κ3) is 2.97. The Bertz CT molecular complexity index is 369. The average Bonchev–Trinajstić information content (AvgIpc) is 2.15. The van der Waals surface area contributed by atoms with Gasteiger partial charge in [-0.15, -0.1) is 0 Å². The summed E-state index contributed by atoms with van der Waals surface area (Å²) in [7, 11) is 0. The average molecular weight is 242 g/mol. The maximum atomic E-state index is 9.86. The second-order valence-electron chi connectivity index (χ2n) is 5.29. The predicted molar refractivity (Wildman–Crippen MR) is 68.8 cm³/mol. The van der Waals surface area contributed by atoms with Gasteiger partial charge in [-0.2, -0.15) is 0 Å². The molecule has 0 aliphatic carbocycles. The van der Waals surface area contributed by atoms with Crippen molar-refractivity contribution in [3.63, 3.8) is 0 Å². The first-order valence-corrected chi connectivity index (χ1v) is 5.85. The van der Waals surface area contributed by atoms with Crippen LogP contribution < -0.4 is 5.73 Å². The molecule has 3 heteroatoms. The zero-order valence-corrected chi connectivity index (χ0v) is 11.0. The fraction of sp³-hybridized carbons (Fsp3) is 0.538. The van der Waals surface area contributed by atoms with Crippen molar-refractivity contribution in [1.29, 1.82) is 0 Å². The van der Waals surface area contributed by atoms with E-state index < -0.39 is 6.10 Å². The summed E-state index contributed by atoms with van der Waals surface area (Å²) in [4.78, 5) is 0. The Morgan fingerprint density at radius 2 is 1.88 bits per heavy atom. The molecule has 2 atom stereocenters. The largest absolute Gasteiger partial charge is 0.387 e. The maximum absolute atomic E-state index is 9.86. The number of hydrogen-bond acceptors (Lipinski definition) is 2. The highest BCUT2D eigenvalue weighted by atomic mass is 35.5. The van der Waals surface area contributed by atoms with Crippen LogP contribution in [-0.4, -0.2) is 11.1 Å². The van der Waals surface area contributed by atoms with Gasteiger partial charge in [0.15, 0.2) is 0 Å². The summed E-state index contributed by atoms with van der Waals surface area (Å²) in [5, 5.41) is 10.4. The predicted octanol–water partition coefficient (Wildman–Crippen LogP) is 3.02. The van der Waals surface area contributed by atoms with Crippen molar-refractivity contribution in [2.24, 2.45) is 5.73 Å². The molecule has 3 N–H and O–H groups in total. The fourth-order valence-corrected chi connectivity index (χ4v) is 1.81. The highest BCUT2D eigenvalue weighted by Crippen LogP contribution is 2.30. The third-order valence-corrected chi connectivity index (χ3v) is 3.01. The van der Waals surface area contributed by atoms with E-state index in [2.05, 4.69) is 20.8 Å². The molecule has 0 saturated heterocycles. The molecule has 0 heterocycles. The van der Waals surface area contributed by atoms with E-state index in [0.29, 0.717) is 10.6 Å². The normalized spacial score (nSPS) is 15.9. The summed E-state index contributed by atoms with van der Waals surface area (Å²) in [5.74, 6) is 0. The van der Waals surface area contributed by atoms with Crippen LogP contribution in [0.15, 0.2) is 18.2 Å². The Morgan fingerprint density at radius 1 is 1.31 bits per heavy atom. The number of rotatable bonds is 2. The molecule has 0 aromatic heterocycles. The first kappa shape index (κ1) is 13.5. The molecular formula is C13H20ClNO. The minimum Gasteiger partial charge on any atom is -0.387 e. The molecule has 0 bridgehead atoms. The van der Waals surface area contributed by atoms with Crippen molar-refractivity contribution >= 4 is 11.6 Å². The molecular weight excluding hydrogens is 222 g/mol. The van der Waals surface area contributed by atoms with Gasteiger partial charge in [0, 0.05) is 16.6 Å². The molecule has 1 rings (SSSR count). The molecule has 0 unspecified atom stereocenters. The number of nitrogens with two attached hydrogens (primary N) is 1. The van der Waals surface area contributed by atoms with Crippen LogP contribution in [-0.2, 0) is 5.41 Å². The van der Waals surface area contributed by atoms with E-state index in [1.54, 1.807) is 6.92 Å². The lowest BCUT2D eigenvalue weighted by Crippen LogP contribution is -2.24. The minimum absolute atomic E-state index is 0.0570. The first-order valence-electron chi connectivity index (χ1n) is 5.47. The van der Waals surface area contributed by atoms with Gasteiger partial charge in [0.05, 0.1) is 6.10 Å². The first-order chi connectivity index (χ1) is 7.23. The summed E-state index contributed by atoms with van der Waals surface area (Å²) in [6, 6.07) is 5.43. The van der Waals surface area contributed by atoms with Gasteiger partial charge in [-0.3, -0.25) is 0 Å². The zero-order valence-electron chi connectivity index (χ0n) is 10.3. The van der Waals surface area contributed by atoms with E-state index in [1.165, 1.54) is 0 Å². The van der Waals surface area contributed by atoms with E-state index in [9.17, 15) is 5.11 Å². The molecule has 0 spiro atoms. The lowest BCUT2D eigenvalue weighted by Gasteiger charge is -2.22. The molecule has 1 aromatic rings. The fourth-order valence-electron chi connectivity index (χ4n) is 1.52. The Balaban J connectivity index is 3.10. The lowest BCUT2D eigenvalue weighted by atomic mass is 9.86. The molecule has 16 heavy (non-hydrogen) atoms. The zero-order chi connectivity index (χ0) is 12.5. The van der Waals surface area contributed by atoms with Crippen molar-refractivity contribution < 1.29 is 5.11 Å². The highest BCUT2D eigenvalue weighted by Gasteiger charge is 2.19. The Kier molecular flexibility index (Phi) is 4.00. The molecule has 90 valence electrons. The summed E-state index contributed by atoms with van der Waals surface area (Å²) in [5.41, 5.74) is 7.56. The molecule has 1 aromatic carbocycles. The van der Waals surface area contributed by atoms with E-state index in [4.69, 9.17) is 17.3 Å². The van der Waals surface area contributed by atoms with Crippen molar-refractivity contribution in [2.45, 2.75) is 45.3 Å². The smallest absolute Gasteiger partial charge is 0.0952 e. The van der Waals surface area contributed by atoms with Crippen LogP contribution in [0.1, 0.15) is 44.9 Å². The maximum Gasteiger partial charge on any atom is 0.0952 e.